The third kappa shape index (κ3) is 28.4. The highest BCUT2D eigenvalue weighted by Crippen LogP contribution is 2.07. The number of aliphatic carboxylic acids is 1. The zero-order chi connectivity index (χ0) is 54.5. The summed E-state index contributed by atoms with van der Waals surface area (Å²) in [6.45, 7) is 0.826. The zero-order valence-electron chi connectivity index (χ0n) is 40.9. The van der Waals surface area contributed by atoms with Gasteiger partial charge in [0.15, 0.2) is 0 Å². The lowest BCUT2D eigenvalue weighted by Crippen LogP contribution is -2.62. The number of benzene rings is 1. The van der Waals surface area contributed by atoms with E-state index in [2.05, 4.69) is 59.1 Å². The van der Waals surface area contributed by atoms with Crippen LogP contribution in [-0.2, 0) is 54.4 Å². The Kier molecular flexibility index (Phi) is 37.4. The van der Waals surface area contributed by atoms with Crippen molar-refractivity contribution < 1.29 is 73.5 Å². The highest BCUT2D eigenvalue weighted by atomic mass is 16.4. The van der Waals surface area contributed by atoms with Crippen LogP contribution in [0.2, 0.25) is 0 Å². The molecular formula is C43H77N13O15. The van der Waals surface area contributed by atoms with E-state index in [1.165, 1.54) is 7.05 Å². The molecule has 1 aromatic carbocycles. The molecule has 0 aliphatic heterocycles. The number of Topliss-reactive ketones (excluding diaryl/α,β-unsaturated/α-hetero) is 1. The zero-order valence-corrected chi connectivity index (χ0v) is 40.9. The average molecular weight is 1020 g/mol. The summed E-state index contributed by atoms with van der Waals surface area (Å²) in [5.74, 6) is -9.22. The van der Waals surface area contributed by atoms with E-state index in [-0.39, 0.29) is 24.5 Å². The Labute approximate surface area is 412 Å². The van der Waals surface area contributed by atoms with Gasteiger partial charge < -0.3 is 90.1 Å². The number of aliphatic hydroxyl groups excluding tert-OH is 4. The maximum absolute atomic E-state index is 13.6. The Hall–Kier alpha value is -6.08. The normalized spacial score (nSPS) is 14.4. The Morgan fingerprint density at radius 2 is 1.18 bits per heavy atom. The number of aldehydes is 1. The van der Waals surface area contributed by atoms with E-state index < -0.39 is 135 Å². The van der Waals surface area contributed by atoms with Crippen LogP contribution in [-0.4, -0.2) is 194 Å². The maximum Gasteiger partial charge on any atom is 0.303 e. The monoisotopic (exact) mass is 1020 g/mol. The van der Waals surface area contributed by atoms with Crippen molar-refractivity contribution in [3.8, 4) is 0 Å². The van der Waals surface area contributed by atoms with Crippen LogP contribution < -0.4 is 70.6 Å². The molecule has 0 saturated heterocycles. The summed E-state index contributed by atoms with van der Waals surface area (Å²) in [5, 5.41) is 67.7. The molecule has 1 aromatic rings. The van der Waals surface area contributed by atoms with Crippen molar-refractivity contribution >= 4 is 59.4 Å². The van der Waals surface area contributed by atoms with E-state index >= 15 is 0 Å². The predicted molar refractivity (Wildman–Crippen MR) is 257 cm³/mol. The molecule has 0 spiro atoms. The van der Waals surface area contributed by atoms with Gasteiger partial charge in [-0.2, -0.15) is 0 Å². The number of rotatable bonds is 35. The number of aliphatic hydroxyl groups is 4. The van der Waals surface area contributed by atoms with Gasteiger partial charge in [-0.3, -0.25) is 48.6 Å². The van der Waals surface area contributed by atoms with Crippen molar-refractivity contribution in [2.24, 2.45) is 17.2 Å². The summed E-state index contributed by atoms with van der Waals surface area (Å²) < 4.78 is 0. The molecular weight excluding hydrogens is 939 g/mol. The molecule has 404 valence electrons. The molecule has 4 unspecified atom stereocenters. The molecule has 21 N–H and O–H groups in total. The predicted octanol–water partition coefficient (Wildman–Crippen LogP) is -7.67. The molecule has 28 heteroatoms. The largest absolute Gasteiger partial charge is 0.481 e. The fourth-order valence-electron chi connectivity index (χ4n) is 6.01. The number of carboxylic acid groups (broad SMARTS) is 1. The van der Waals surface area contributed by atoms with Gasteiger partial charge in [0, 0.05) is 26.1 Å². The highest BCUT2D eigenvalue weighted by molar-refractivity contribution is 5.98. The number of hydrogen-bond acceptors (Lipinski definition) is 20. The van der Waals surface area contributed by atoms with Crippen molar-refractivity contribution in [1.29, 1.82) is 0 Å². The molecule has 1 rings (SSSR count). The first-order chi connectivity index (χ1) is 33.8. The van der Waals surface area contributed by atoms with Crippen LogP contribution in [0.3, 0.4) is 0 Å². The lowest BCUT2D eigenvalue weighted by Gasteiger charge is -2.27. The van der Waals surface area contributed by atoms with Crippen LogP contribution in [0.25, 0.3) is 0 Å². The number of carbonyl (C=O) groups excluding carboxylic acids is 9. The van der Waals surface area contributed by atoms with Crippen LogP contribution in [0.15, 0.2) is 30.3 Å². The number of carboxylic acids is 1. The number of carbonyl (C=O) groups is 10. The Bertz CT molecular complexity index is 1780. The van der Waals surface area contributed by atoms with E-state index in [1.807, 2.05) is 0 Å². The van der Waals surface area contributed by atoms with Gasteiger partial charge in [0.05, 0.1) is 38.4 Å². The summed E-state index contributed by atoms with van der Waals surface area (Å²) in [6, 6.07) is -2.92. The molecule has 0 bridgehead atoms. The number of nitrogens with one attached hydrogen (secondary N) is 10. The summed E-state index contributed by atoms with van der Waals surface area (Å²) in [7, 11) is 5.02. The van der Waals surface area contributed by atoms with E-state index in [1.54, 1.807) is 51.4 Å². The minimum absolute atomic E-state index is 0.0931. The van der Waals surface area contributed by atoms with Crippen LogP contribution in [0.4, 0.5) is 0 Å². The Balaban J connectivity index is 0. The molecule has 0 radical (unpaired) electrons. The minimum atomic E-state index is -1.92. The summed E-state index contributed by atoms with van der Waals surface area (Å²) in [5.41, 5.74) is 21.2. The van der Waals surface area contributed by atoms with Gasteiger partial charge >= 0.3 is 5.97 Å². The third-order valence-electron chi connectivity index (χ3n) is 9.91. The van der Waals surface area contributed by atoms with Crippen LogP contribution in [0.5, 0.6) is 0 Å². The number of hydrazine groups is 1. The lowest BCUT2D eigenvalue weighted by atomic mass is 10.0. The molecule has 0 aliphatic carbocycles. The van der Waals surface area contributed by atoms with Crippen molar-refractivity contribution in [3.63, 3.8) is 0 Å². The SMILES string of the molecule is CCC(=O)C(CCCCNNC(Cc1ccccc1)C(=O)N[C@@H](CO)C(=O)NC(CCC(=O)O)C(=O)N[C@@H](CO)C(=O)N[C@H](C(=O)N[C@@H](CC(N)=O)C(=O)NC(C=O)CO)[C@@H](C)O)NC.CN.CNCN. The molecule has 71 heavy (non-hydrogen) atoms. The van der Waals surface area contributed by atoms with E-state index in [9.17, 15) is 73.5 Å². The highest BCUT2D eigenvalue weighted by Gasteiger charge is 2.35. The fraction of sp³-hybridized carbons (Fsp3) is 0.628. The van der Waals surface area contributed by atoms with Crippen LogP contribution in [0, 0.1) is 0 Å². The van der Waals surface area contributed by atoms with E-state index in [0.29, 0.717) is 38.9 Å². The Morgan fingerprint density at radius 3 is 1.65 bits per heavy atom. The van der Waals surface area contributed by atoms with Gasteiger partial charge in [0.25, 0.3) is 0 Å². The summed E-state index contributed by atoms with van der Waals surface area (Å²) in [4.78, 5) is 126. The quantitative estimate of drug-likeness (QED) is 0.0130. The van der Waals surface area contributed by atoms with Crippen molar-refractivity contribution in [2.45, 2.75) is 120 Å². The lowest BCUT2D eigenvalue weighted by molar-refractivity contribution is -0.139. The number of unbranched alkanes of at least 4 members (excludes halogenated alkanes) is 1. The van der Waals surface area contributed by atoms with E-state index in [0.717, 1.165) is 12.5 Å². The Morgan fingerprint density at radius 1 is 0.676 bits per heavy atom. The first kappa shape index (κ1) is 67.0. The number of amides is 7. The second-order valence-electron chi connectivity index (χ2n) is 15.4. The number of primary amides is 1. The second kappa shape index (κ2) is 39.6. The first-order valence-electron chi connectivity index (χ1n) is 22.7. The van der Waals surface area contributed by atoms with Gasteiger partial charge in [0.2, 0.25) is 41.4 Å². The maximum atomic E-state index is 13.6. The topological polar surface area (TPSA) is 470 Å². The van der Waals surface area contributed by atoms with E-state index in [4.69, 9.17) is 11.5 Å². The van der Waals surface area contributed by atoms with Crippen molar-refractivity contribution in [2.75, 3.05) is 54.2 Å². The molecule has 28 nitrogen and oxygen atoms in total. The van der Waals surface area contributed by atoms with Crippen molar-refractivity contribution in [3.05, 3.63) is 35.9 Å². The molecule has 0 fully saturated rings. The second-order valence-corrected chi connectivity index (χ2v) is 15.4. The summed E-state index contributed by atoms with van der Waals surface area (Å²) in [6.07, 6.45) is -1.22. The third-order valence-corrected chi connectivity index (χ3v) is 9.91. The molecule has 0 aromatic heterocycles. The van der Waals surface area contributed by atoms with Gasteiger partial charge in [-0.1, -0.05) is 43.7 Å². The first-order valence-corrected chi connectivity index (χ1v) is 22.7. The van der Waals surface area contributed by atoms with Crippen molar-refractivity contribution in [1.82, 2.24) is 53.4 Å². The molecule has 7 amide bonds. The number of likely N-dealkylation sites (N-methyl/N-ethyl adjacent to an activating group) is 1. The molecule has 0 heterocycles. The standard InChI is InChI=1S/C40H64N10O15.C2H8N2.CH5N/c1-4-31(56)25(42-3)12-8-9-15-43-50-28(16-23-10-6-5-7-11-23)37(62)48-29(20-53)38(63)45-26(13-14-33(58)59)35(60)47-30(21-54)39(64)49-34(22(2)55)40(65)46-27(17-32(41)57)36(61)44-24(18-51)19-52;1-4-2-3;1-2/h5-7,10-11,18,22,24-30,34,42-43,50,52-55H,4,8-9,12-17,19-21H2,1-3H3,(H2,41,57)(H,44,61)(H,45,63)(H,46,65)(H,47,60)(H,48,62)(H,49,64)(H,58,59);4H,2-3H2,1H3;2H2,1H3/t22-,24?,25?,26?,27+,28?,29+,30+,34+;;/m1../s1. The van der Waals surface area contributed by atoms with Crippen LogP contribution >= 0.6 is 0 Å². The number of hydrogen-bond donors (Lipinski definition) is 18. The molecule has 9 atom stereocenters. The van der Waals surface area contributed by atoms with Gasteiger partial charge in [0.1, 0.15) is 54.4 Å². The number of ketones is 1. The number of nitrogens with two attached hydrogens (primary N) is 3. The summed E-state index contributed by atoms with van der Waals surface area (Å²) >= 11 is 0. The average Bonchev–Trinajstić information content (AvgIpc) is 3.35. The van der Waals surface area contributed by atoms with Gasteiger partial charge in [-0.05, 0) is 59.3 Å². The van der Waals surface area contributed by atoms with Gasteiger partial charge in [-0.25, -0.2) is 5.43 Å². The molecule has 0 saturated carbocycles. The molecule has 0 aliphatic rings. The van der Waals surface area contributed by atoms with Crippen LogP contribution in [0.1, 0.15) is 64.4 Å². The van der Waals surface area contributed by atoms with Gasteiger partial charge in [-0.15, -0.1) is 0 Å². The minimum Gasteiger partial charge on any atom is -0.481 e. The smallest absolute Gasteiger partial charge is 0.303 e. The fourth-order valence-corrected chi connectivity index (χ4v) is 6.01.